The molecule has 1 aromatic heterocycles. The Hall–Kier alpha value is -3.60. The van der Waals surface area contributed by atoms with Crippen molar-refractivity contribution in [3.63, 3.8) is 0 Å². The van der Waals surface area contributed by atoms with Gasteiger partial charge in [-0.25, -0.2) is 14.3 Å². The van der Waals surface area contributed by atoms with Gasteiger partial charge in [0.2, 0.25) is 5.91 Å². The Balaban J connectivity index is 1.56. The zero-order valence-electron chi connectivity index (χ0n) is 19.1. The Morgan fingerprint density at radius 2 is 1.83 bits per heavy atom. The van der Waals surface area contributed by atoms with E-state index in [1.807, 2.05) is 0 Å². The number of esters is 1. The molecule has 1 fully saturated rings. The van der Waals surface area contributed by atoms with Crippen molar-refractivity contribution in [3.05, 3.63) is 75.2 Å². The van der Waals surface area contributed by atoms with Crippen LogP contribution in [0.15, 0.2) is 53.3 Å². The molecule has 1 atom stereocenters. The van der Waals surface area contributed by atoms with Gasteiger partial charge in [-0.15, -0.1) is 5.10 Å². The van der Waals surface area contributed by atoms with Crippen LogP contribution in [0, 0.1) is 0 Å². The Morgan fingerprint density at radius 3 is 2.44 bits per heavy atom. The lowest BCUT2D eigenvalue weighted by Gasteiger charge is -2.19. The quantitative estimate of drug-likeness (QED) is 0.456. The van der Waals surface area contributed by atoms with Crippen LogP contribution in [-0.4, -0.2) is 39.4 Å². The second kappa shape index (κ2) is 10.2. The van der Waals surface area contributed by atoms with E-state index in [1.54, 1.807) is 24.3 Å². The molecule has 0 saturated heterocycles. The van der Waals surface area contributed by atoms with Crippen molar-refractivity contribution >= 4 is 23.5 Å². The highest BCUT2D eigenvalue weighted by molar-refractivity contribution is 6.30. The van der Waals surface area contributed by atoms with Crippen molar-refractivity contribution < 1.29 is 27.5 Å². The number of halogens is 4. The predicted octanol–water partition coefficient (Wildman–Crippen LogP) is 3.62. The number of nitrogens with one attached hydrogen (secondary N) is 1. The molecule has 8 nitrogen and oxygen atoms in total. The van der Waals surface area contributed by atoms with E-state index in [0.717, 1.165) is 30.7 Å². The molecule has 0 radical (unpaired) electrons. The van der Waals surface area contributed by atoms with Crippen molar-refractivity contribution in [1.82, 2.24) is 19.7 Å². The molecule has 0 spiro atoms. The van der Waals surface area contributed by atoms with Gasteiger partial charge in [-0.3, -0.25) is 9.36 Å². The number of alkyl halides is 3. The molecule has 2 aromatic carbocycles. The summed E-state index contributed by atoms with van der Waals surface area (Å²) >= 11 is 5.95. The number of hydrogen-bond donors (Lipinski definition) is 1. The number of rotatable bonds is 8. The van der Waals surface area contributed by atoms with Crippen LogP contribution in [0.4, 0.5) is 13.2 Å². The molecule has 1 amide bonds. The molecule has 1 aliphatic carbocycles. The van der Waals surface area contributed by atoms with Gasteiger partial charge in [-0.1, -0.05) is 29.8 Å². The first kappa shape index (κ1) is 25.5. The number of aromatic nitrogens is 3. The zero-order chi connectivity index (χ0) is 26.0. The second-order valence-electron chi connectivity index (χ2n) is 8.37. The summed E-state index contributed by atoms with van der Waals surface area (Å²) in [7, 11) is 1.07. The van der Waals surface area contributed by atoms with Crippen molar-refractivity contribution in [2.75, 3.05) is 7.11 Å². The van der Waals surface area contributed by atoms with E-state index in [0.29, 0.717) is 16.4 Å². The van der Waals surface area contributed by atoms with Gasteiger partial charge in [-0.05, 0) is 48.7 Å². The first-order valence-corrected chi connectivity index (χ1v) is 11.4. The Bertz CT molecular complexity index is 1330. The molecule has 4 rings (SSSR count). The Kier molecular flexibility index (Phi) is 7.21. The lowest BCUT2D eigenvalue weighted by atomic mass is 9.99. The molecular formula is C24H22ClF3N4O4. The normalized spacial score (nSPS) is 14.4. The zero-order valence-corrected chi connectivity index (χ0v) is 19.8. The number of carbonyl (C=O) groups is 2. The molecule has 12 heteroatoms. The lowest BCUT2D eigenvalue weighted by molar-refractivity contribution is -0.145. The van der Waals surface area contributed by atoms with Crippen LogP contribution >= 0.6 is 11.6 Å². The number of carbonyl (C=O) groups excluding carboxylic acids is 2. The summed E-state index contributed by atoms with van der Waals surface area (Å²) < 4.78 is 47.3. The molecular weight excluding hydrogens is 501 g/mol. The molecule has 0 unspecified atom stereocenters. The summed E-state index contributed by atoms with van der Waals surface area (Å²) in [5.41, 5.74) is -0.963. The molecule has 0 aliphatic heterocycles. The molecule has 0 bridgehead atoms. The van der Waals surface area contributed by atoms with Crippen molar-refractivity contribution in [2.45, 2.75) is 44.1 Å². The SMILES string of the molecule is COC(=O)[C@@H](Cc1ccccc1C(F)(F)F)NC(=O)Cn1nc(-c2ccc(Cl)cc2)n(C2CC2)c1=O. The highest BCUT2D eigenvalue weighted by atomic mass is 35.5. The summed E-state index contributed by atoms with van der Waals surface area (Å²) in [6.07, 6.45) is -3.50. The molecule has 1 N–H and O–H groups in total. The third-order valence-corrected chi connectivity index (χ3v) is 6.00. The van der Waals surface area contributed by atoms with Crippen LogP contribution < -0.4 is 11.0 Å². The number of amides is 1. The molecule has 1 heterocycles. The van der Waals surface area contributed by atoms with Gasteiger partial charge in [-0.2, -0.15) is 13.2 Å². The van der Waals surface area contributed by atoms with Crippen LogP contribution in [-0.2, 0) is 33.5 Å². The van der Waals surface area contributed by atoms with Gasteiger partial charge >= 0.3 is 17.8 Å². The fraction of sp³-hybridized carbons (Fsp3) is 0.333. The number of methoxy groups -OCH3 is 1. The lowest BCUT2D eigenvalue weighted by Crippen LogP contribution is -2.45. The maximum absolute atomic E-state index is 13.4. The number of hydrogen-bond acceptors (Lipinski definition) is 5. The Labute approximate surface area is 208 Å². The predicted molar refractivity (Wildman–Crippen MR) is 124 cm³/mol. The minimum Gasteiger partial charge on any atom is -0.467 e. The maximum Gasteiger partial charge on any atom is 0.416 e. The monoisotopic (exact) mass is 522 g/mol. The summed E-state index contributed by atoms with van der Waals surface area (Å²) in [5, 5.41) is 7.21. The summed E-state index contributed by atoms with van der Waals surface area (Å²) in [5.74, 6) is -1.33. The molecule has 3 aromatic rings. The van der Waals surface area contributed by atoms with Crippen molar-refractivity contribution in [3.8, 4) is 11.4 Å². The van der Waals surface area contributed by atoms with Gasteiger partial charge in [0.15, 0.2) is 5.82 Å². The number of nitrogens with zero attached hydrogens (tertiary/aromatic N) is 3. The highest BCUT2D eigenvalue weighted by Crippen LogP contribution is 2.36. The molecule has 190 valence electrons. The smallest absolute Gasteiger partial charge is 0.416 e. The van der Waals surface area contributed by atoms with Crippen LogP contribution in [0.25, 0.3) is 11.4 Å². The molecule has 1 aliphatic rings. The fourth-order valence-corrected chi connectivity index (χ4v) is 4.01. The van der Waals surface area contributed by atoms with E-state index in [2.05, 4.69) is 15.2 Å². The summed E-state index contributed by atoms with van der Waals surface area (Å²) in [4.78, 5) is 38.1. The molecule has 1 saturated carbocycles. The average Bonchev–Trinajstić information content (AvgIpc) is 3.62. The average molecular weight is 523 g/mol. The third kappa shape index (κ3) is 5.62. The van der Waals surface area contributed by atoms with Gasteiger partial charge in [0.1, 0.15) is 12.6 Å². The highest BCUT2D eigenvalue weighted by Gasteiger charge is 2.35. The third-order valence-electron chi connectivity index (χ3n) is 5.75. The van der Waals surface area contributed by atoms with Crippen LogP contribution in [0.1, 0.15) is 30.0 Å². The number of benzene rings is 2. The maximum atomic E-state index is 13.4. The standard InChI is InChI=1S/C24H22ClF3N4O4/c1-36-22(34)19(12-15-4-2-3-5-18(15)24(26,27)28)29-20(33)13-31-23(35)32(17-10-11-17)21(30-31)14-6-8-16(25)9-7-14/h2-9,17,19H,10-13H2,1H3,(H,29,33)/t19-/m1/s1. The minimum absolute atomic E-state index is 0.0401. The van der Waals surface area contributed by atoms with E-state index in [1.165, 1.54) is 22.8 Å². The van der Waals surface area contributed by atoms with Crippen LogP contribution in [0.5, 0.6) is 0 Å². The molecule has 36 heavy (non-hydrogen) atoms. The van der Waals surface area contributed by atoms with E-state index in [-0.39, 0.29) is 11.6 Å². The first-order chi connectivity index (χ1) is 17.1. The Morgan fingerprint density at radius 1 is 1.17 bits per heavy atom. The minimum atomic E-state index is -4.64. The van der Waals surface area contributed by atoms with E-state index in [9.17, 15) is 27.6 Å². The van der Waals surface area contributed by atoms with Gasteiger partial charge in [0, 0.05) is 23.0 Å². The van der Waals surface area contributed by atoms with E-state index in [4.69, 9.17) is 11.6 Å². The van der Waals surface area contributed by atoms with E-state index >= 15 is 0 Å². The van der Waals surface area contributed by atoms with Crippen molar-refractivity contribution in [1.29, 1.82) is 0 Å². The number of ether oxygens (including phenoxy) is 1. The fourth-order valence-electron chi connectivity index (χ4n) is 3.89. The first-order valence-electron chi connectivity index (χ1n) is 11.1. The topological polar surface area (TPSA) is 95.2 Å². The van der Waals surface area contributed by atoms with Gasteiger partial charge < -0.3 is 10.1 Å². The van der Waals surface area contributed by atoms with E-state index < -0.39 is 48.3 Å². The van der Waals surface area contributed by atoms with Crippen LogP contribution in [0.3, 0.4) is 0 Å². The van der Waals surface area contributed by atoms with Gasteiger partial charge in [0.05, 0.1) is 12.7 Å². The summed E-state index contributed by atoms with van der Waals surface area (Å²) in [6.45, 7) is -0.534. The summed E-state index contributed by atoms with van der Waals surface area (Å²) in [6, 6.07) is 10.1. The van der Waals surface area contributed by atoms with Crippen molar-refractivity contribution in [2.24, 2.45) is 0 Å². The van der Waals surface area contributed by atoms with Crippen LogP contribution in [0.2, 0.25) is 5.02 Å². The van der Waals surface area contributed by atoms with Gasteiger partial charge in [0.25, 0.3) is 0 Å². The second-order valence-corrected chi connectivity index (χ2v) is 8.81. The largest absolute Gasteiger partial charge is 0.467 e.